The Morgan fingerprint density at radius 1 is 1.50 bits per heavy atom. The lowest BCUT2D eigenvalue weighted by atomic mass is 9.89. The summed E-state index contributed by atoms with van der Waals surface area (Å²) >= 11 is 5.59. The van der Waals surface area contributed by atoms with Gasteiger partial charge in [-0.25, -0.2) is 0 Å². The SMILES string of the molecule is C=C(Cl)CNCCCCC(C)(C)C#N. The lowest BCUT2D eigenvalue weighted by molar-refractivity contribution is 0.424. The van der Waals surface area contributed by atoms with Crippen LogP contribution in [-0.2, 0) is 0 Å². The van der Waals surface area contributed by atoms with Gasteiger partial charge in [-0.15, -0.1) is 0 Å². The minimum Gasteiger partial charge on any atom is -0.312 e. The number of rotatable bonds is 7. The van der Waals surface area contributed by atoms with E-state index in [2.05, 4.69) is 18.0 Å². The van der Waals surface area contributed by atoms with Crippen LogP contribution in [0, 0.1) is 16.7 Å². The largest absolute Gasteiger partial charge is 0.312 e. The zero-order valence-electron chi connectivity index (χ0n) is 9.07. The van der Waals surface area contributed by atoms with Crippen molar-refractivity contribution < 1.29 is 0 Å². The zero-order valence-corrected chi connectivity index (χ0v) is 9.82. The van der Waals surface area contributed by atoms with E-state index in [1.807, 2.05) is 13.8 Å². The first-order chi connectivity index (χ1) is 6.48. The van der Waals surface area contributed by atoms with Crippen LogP contribution in [0.4, 0.5) is 0 Å². The second kappa shape index (κ2) is 6.86. The van der Waals surface area contributed by atoms with E-state index in [1.54, 1.807) is 0 Å². The summed E-state index contributed by atoms with van der Waals surface area (Å²) in [6.45, 7) is 9.14. The Labute approximate surface area is 91.9 Å². The maximum absolute atomic E-state index is 8.77. The lowest BCUT2D eigenvalue weighted by Crippen LogP contribution is -2.17. The fraction of sp³-hybridized carbons (Fsp3) is 0.727. The third-order valence-electron chi connectivity index (χ3n) is 2.02. The van der Waals surface area contributed by atoms with Crippen molar-refractivity contribution >= 4 is 11.6 Å². The summed E-state index contributed by atoms with van der Waals surface area (Å²) in [6.07, 6.45) is 3.10. The fourth-order valence-electron chi connectivity index (χ4n) is 1.10. The van der Waals surface area contributed by atoms with Crippen LogP contribution in [0.15, 0.2) is 11.6 Å². The van der Waals surface area contributed by atoms with Gasteiger partial charge in [-0.1, -0.05) is 24.6 Å². The van der Waals surface area contributed by atoms with Gasteiger partial charge in [0, 0.05) is 11.6 Å². The maximum Gasteiger partial charge on any atom is 0.0683 e. The quantitative estimate of drug-likeness (QED) is 0.662. The molecule has 0 unspecified atom stereocenters. The van der Waals surface area contributed by atoms with Crippen molar-refractivity contribution in [3.63, 3.8) is 0 Å². The first-order valence-corrected chi connectivity index (χ1v) is 5.31. The van der Waals surface area contributed by atoms with Crippen molar-refractivity contribution in [2.75, 3.05) is 13.1 Å². The van der Waals surface area contributed by atoms with E-state index in [1.165, 1.54) is 0 Å². The van der Waals surface area contributed by atoms with Crippen molar-refractivity contribution in [3.05, 3.63) is 11.6 Å². The summed E-state index contributed by atoms with van der Waals surface area (Å²) in [7, 11) is 0. The molecule has 0 aromatic rings. The molecule has 0 rings (SSSR count). The number of hydrogen-bond donors (Lipinski definition) is 1. The second-order valence-corrected chi connectivity index (χ2v) is 4.68. The normalized spacial score (nSPS) is 11.0. The van der Waals surface area contributed by atoms with Crippen LogP contribution >= 0.6 is 11.6 Å². The smallest absolute Gasteiger partial charge is 0.0683 e. The topological polar surface area (TPSA) is 35.8 Å². The average molecular weight is 215 g/mol. The lowest BCUT2D eigenvalue weighted by Gasteiger charge is -2.14. The molecule has 1 N–H and O–H groups in total. The summed E-state index contributed by atoms with van der Waals surface area (Å²) in [5.74, 6) is 0. The molecule has 2 nitrogen and oxygen atoms in total. The molecule has 14 heavy (non-hydrogen) atoms. The number of halogens is 1. The van der Waals surface area contributed by atoms with Crippen LogP contribution < -0.4 is 5.32 Å². The van der Waals surface area contributed by atoms with Gasteiger partial charge in [-0.2, -0.15) is 5.26 Å². The second-order valence-electron chi connectivity index (χ2n) is 4.15. The highest BCUT2D eigenvalue weighted by Gasteiger charge is 2.14. The monoisotopic (exact) mass is 214 g/mol. The van der Waals surface area contributed by atoms with Crippen LogP contribution in [0.2, 0.25) is 0 Å². The van der Waals surface area contributed by atoms with E-state index in [0.29, 0.717) is 11.6 Å². The number of unbranched alkanes of at least 4 members (excludes halogenated alkanes) is 1. The van der Waals surface area contributed by atoms with Crippen molar-refractivity contribution in [1.82, 2.24) is 5.32 Å². The van der Waals surface area contributed by atoms with Crippen LogP contribution in [0.5, 0.6) is 0 Å². The highest BCUT2D eigenvalue weighted by Crippen LogP contribution is 2.21. The molecular formula is C11H19ClN2. The molecule has 0 atom stereocenters. The minimum atomic E-state index is -0.184. The van der Waals surface area contributed by atoms with Gasteiger partial charge in [0.1, 0.15) is 0 Å². The summed E-state index contributed by atoms with van der Waals surface area (Å²) in [4.78, 5) is 0. The third kappa shape index (κ3) is 8.10. The maximum atomic E-state index is 8.77. The molecule has 0 fully saturated rings. The Morgan fingerprint density at radius 3 is 2.64 bits per heavy atom. The first-order valence-electron chi connectivity index (χ1n) is 4.93. The van der Waals surface area contributed by atoms with Crippen LogP contribution in [0.25, 0.3) is 0 Å². The fourth-order valence-corrected chi connectivity index (χ4v) is 1.19. The van der Waals surface area contributed by atoms with E-state index < -0.39 is 0 Å². The van der Waals surface area contributed by atoms with E-state index in [9.17, 15) is 0 Å². The molecule has 0 aliphatic heterocycles. The van der Waals surface area contributed by atoms with Crippen LogP contribution in [-0.4, -0.2) is 13.1 Å². The van der Waals surface area contributed by atoms with Gasteiger partial charge in [0.05, 0.1) is 11.5 Å². The van der Waals surface area contributed by atoms with Gasteiger partial charge < -0.3 is 5.32 Å². The molecule has 0 saturated carbocycles. The van der Waals surface area contributed by atoms with Crippen LogP contribution in [0.1, 0.15) is 33.1 Å². The first kappa shape index (κ1) is 13.5. The molecule has 0 heterocycles. The summed E-state index contributed by atoms with van der Waals surface area (Å²) in [6, 6.07) is 2.29. The van der Waals surface area contributed by atoms with Crippen molar-refractivity contribution in [3.8, 4) is 6.07 Å². The molecule has 0 bridgehead atoms. The van der Waals surface area contributed by atoms with Gasteiger partial charge in [-0.3, -0.25) is 0 Å². The summed E-state index contributed by atoms with van der Waals surface area (Å²) in [5.41, 5.74) is -0.184. The van der Waals surface area contributed by atoms with Gasteiger partial charge in [0.15, 0.2) is 0 Å². The summed E-state index contributed by atoms with van der Waals surface area (Å²) in [5, 5.41) is 12.6. The highest BCUT2D eigenvalue weighted by molar-refractivity contribution is 6.29. The summed E-state index contributed by atoms with van der Waals surface area (Å²) < 4.78 is 0. The molecule has 0 aliphatic rings. The zero-order chi connectivity index (χ0) is 11.0. The molecule has 0 amide bonds. The van der Waals surface area contributed by atoms with E-state index in [4.69, 9.17) is 16.9 Å². The van der Waals surface area contributed by atoms with E-state index in [-0.39, 0.29) is 5.41 Å². The molecule has 80 valence electrons. The Balaban J connectivity index is 3.31. The van der Waals surface area contributed by atoms with E-state index >= 15 is 0 Å². The van der Waals surface area contributed by atoms with Gasteiger partial charge in [-0.05, 0) is 33.2 Å². The molecule has 0 aromatic carbocycles. The molecular weight excluding hydrogens is 196 g/mol. The number of hydrogen-bond acceptors (Lipinski definition) is 2. The van der Waals surface area contributed by atoms with Crippen LogP contribution in [0.3, 0.4) is 0 Å². The van der Waals surface area contributed by atoms with Crippen molar-refractivity contribution in [1.29, 1.82) is 5.26 Å². The number of nitrogens with zero attached hydrogens (tertiary/aromatic N) is 1. The van der Waals surface area contributed by atoms with Crippen molar-refractivity contribution in [2.45, 2.75) is 33.1 Å². The Kier molecular flexibility index (Phi) is 6.61. The van der Waals surface area contributed by atoms with Gasteiger partial charge in [0.2, 0.25) is 0 Å². The van der Waals surface area contributed by atoms with E-state index in [0.717, 1.165) is 25.8 Å². The number of nitriles is 1. The third-order valence-corrected chi connectivity index (χ3v) is 2.16. The minimum absolute atomic E-state index is 0.184. The highest BCUT2D eigenvalue weighted by atomic mass is 35.5. The standard InChI is InChI=1S/C11H19ClN2/c1-10(12)8-14-7-5-4-6-11(2,3)9-13/h14H,1,4-8H2,2-3H3. The van der Waals surface area contributed by atoms with Gasteiger partial charge >= 0.3 is 0 Å². The molecule has 3 heteroatoms. The molecule has 0 aliphatic carbocycles. The molecule has 0 radical (unpaired) electrons. The predicted molar refractivity (Wildman–Crippen MR) is 61.1 cm³/mol. The van der Waals surface area contributed by atoms with Crippen molar-refractivity contribution in [2.24, 2.45) is 5.41 Å². The average Bonchev–Trinajstić information content (AvgIpc) is 2.10. The molecule has 0 saturated heterocycles. The Morgan fingerprint density at radius 2 is 2.14 bits per heavy atom. The number of nitrogens with one attached hydrogen (secondary N) is 1. The predicted octanol–water partition coefficient (Wildman–Crippen LogP) is 3.05. The van der Waals surface area contributed by atoms with Gasteiger partial charge in [0.25, 0.3) is 0 Å². The molecule has 0 spiro atoms. The Bertz CT molecular complexity index is 216. The molecule has 0 aromatic heterocycles. The Hall–Kier alpha value is -0.520.